The average molecular weight is 452 g/mol. The number of rotatable bonds is 6. The van der Waals surface area contributed by atoms with Gasteiger partial charge >= 0.3 is 0 Å². The monoisotopic (exact) mass is 451 g/mol. The molecule has 0 aromatic heterocycles. The first kappa shape index (κ1) is 22.5. The Bertz CT molecular complexity index is 1190. The molecule has 1 aliphatic rings. The van der Waals surface area contributed by atoms with Crippen LogP contribution >= 0.6 is 0 Å². The number of sulfonamides is 1. The number of hydrogen-bond acceptors (Lipinski definition) is 4. The van der Waals surface area contributed by atoms with E-state index < -0.39 is 10.0 Å². The molecule has 0 unspecified atom stereocenters. The molecule has 1 aliphatic heterocycles. The average Bonchev–Trinajstić information content (AvgIpc) is 2.83. The zero-order valence-electron chi connectivity index (χ0n) is 18.5. The molecule has 1 saturated heterocycles. The lowest BCUT2D eigenvalue weighted by molar-refractivity contribution is -0.133. The van der Waals surface area contributed by atoms with Crippen LogP contribution in [0.1, 0.15) is 18.5 Å². The minimum atomic E-state index is -3.56. The first-order valence-corrected chi connectivity index (χ1v) is 12.3. The van der Waals surface area contributed by atoms with E-state index in [4.69, 9.17) is 0 Å². The van der Waals surface area contributed by atoms with Crippen molar-refractivity contribution in [3.05, 3.63) is 78.4 Å². The summed E-state index contributed by atoms with van der Waals surface area (Å²) in [6.07, 6.45) is 0. The van der Waals surface area contributed by atoms with E-state index in [1.165, 1.54) is 4.31 Å². The molecule has 0 bridgehead atoms. The van der Waals surface area contributed by atoms with E-state index in [9.17, 15) is 13.2 Å². The van der Waals surface area contributed by atoms with Crippen LogP contribution in [0.5, 0.6) is 0 Å². The van der Waals surface area contributed by atoms with Crippen LogP contribution in [-0.4, -0.2) is 68.2 Å². The van der Waals surface area contributed by atoms with Gasteiger partial charge in [0.25, 0.3) is 0 Å². The van der Waals surface area contributed by atoms with Gasteiger partial charge in [-0.3, -0.25) is 9.69 Å². The van der Waals surface area contributed by atoms with E-state index in [-0.39, 0.29) is 18.5 Å². The van der Waals surface area contributed by atoms with Crippen molar-refractivity contribution in [1.29, 1.82) is 0 Å². The highest BCUT2D eigenvalue weighted by atomic mass is 32.2. The fourth-order valence-corrected chi connectivity index (χ4v) is 5.54. The van der Waals surface area contributed by atoms with E-state index >= 15 is 0 Å². The molecule has 1 amide bonds. The Balaban J connectivity index is 1.36. The summed E-state index contributed by atoms with van der Waals surface area (Å²) < 4.78 is 27.8. The Labute approximate surface area is 190 Å². The fraction of sp³-hybridized carbons (Fsp3) is 0.320. The minimum Gasteiger partial charge on any atom is -0.338 e. The maximum absolute atomic E-state index is 13.1. The van der Waals surface area contributed by atoms with Gasteiger partial charge in [0.15, 0.2) is 0 Å². The maximum atomic E-state index is 13.1. The lowest BCUT2D eigenvalue weighted by Crippen LogP contribution is -2.51. The third-order valence-corrected chi connectivity index (χ3v) is 8.20. The molecule has 3 aromatic carbocycles. The molecule has 0 radical (unpaired) electrons. The van der Waals surface area contributed by atoms with Crippen LogP contribution in [0.2, 0.25) is 0 Å². The second-order valence-corrected chi connectivity index (χ2v) is 10.2. The van der Waals surface area contributed by atoms with E-state index in [0.717, 1.165) is 16.3 Å². The van der Waals surface area contributed by atoms with Gasteiger partial charge < -0.3 is 4.90 Å². The summed E-state index contributed by atoms with van der Waals surface area (Å²) in [4.78, 5) is 16.9. The van der Waals surface area contributed by atoms with Crippen LogP contribution in [0.15, 0.2) is 77.7 Å². The molecule has 0 saturated carbocycles. The Morgan fingerprint density at radius 3 is 2.22 bits per heavy atom. The maximum Gasteiger partial charge on any atom is 0.243 e. The van der Waals surface area contributed by atoms with Crippen LogP contribution in [0, 0.1) is 0 Å². The zero-order valence-corrected chi connectivity index (χ0v) is 19.3. The van der Waals surface area contributed by atoms with Crippen molar-refractivity contribution in [1.82, 2.24) is 14.1 Å². The summed E-state index contributed by atoms with van der Waals surface area (Å²) in [6.45, 7) is 4.12. The number of fused-ring (bicyclic) bond motifs is 1. The van der Waals surface area contributed by atoms with E-state index in [0.29, 0.717) is 31.1 Å². The van der Waals surface area contributed by atoms with Crippen molar-refractivity contribution in [2.75, 3.05) is 39.8 Å². The number of benzene rings is 3. The van der Waals surface area contributed by atoms with Gasteiger partial charge in [-0.05, 0) is 35.4 Å². The molecule has 168 valence electrons. The van der Waals surface area contributed by atoms with Crippen LogP contribution in [0.25, 0.3) is 10.8 Å². The molecule has 1 heterocycles. The summed E-state index contributed by atoms with van der Waals surface area (Å²) in [7, 11) is -1.74. The number of carbonyl (C=O) groups is 1. The topological polar surface area (TPSA) is 60.9 Å². The van der Waals surface area contributed by atoms with Crippen LogP contribution in [-0.2, 0) is 14.8 Å². The second-order valence-electron chi connectivity index (χ2n) is 8.28. The van der Waals surface area contributed by atoms with Gasteiger partial charge in [-0.25, -0.2) is 8.42 Å². The van der Waals surface area contributed by atoms with Gasteiger partial charge in [0, 0.05) is 33.2 Å². The Morgan fingerprint density at radius 1 is 0.906 bits per heavy atom. The number of nitrogens with zero attached hydrogens (tertiary/aromatic N) is 3. The quantitative estimate of drug-likeness (QED) is 0.577. The first-order valence-electron chi connectivity index (χ1n) is 10.9. The van der Waals surface area contributed by atoms with Gasteiger partial charge in [-0.2, -0.15) is 4.31 Å². The highest BCUT2D eigenvalue weighted by molar-refractivity contribution is 7.89. The lowest BCUT2D eigenvalue weighted by atomic mass is 10.1. The molecular formula is C25H29N3O3S. The van der Waals surface area contributed by atoms with Crippen LogP contribution in [0.3, 0.4) is 0 Å². The summed E-state index contributed by atoms with van der Waals surface area (Å²) in [5.74, 6) is 0.0344. The van der Waals surface area contributed by atoms with Gasteiger partial charge in [-0.1, -0.05) is 60.7 Å². The third-order valence-electron chi connectivity index (χ3n) is 6.31. The third kappa shape index (κ3) is 4.70. The number of amides is 1. The standard InChI is InChI=1S/C25H29N3O3S/c1-20(21-8-4-3-5-9-21)26(2)25(29)19-27-14-16-28(17-15-27)32(30,31)24-13-12-22-10-6-7-11-23(22)18-24/h3-13,18,20H,14-17,19H2,1-2H3/t20-/m0/s1. The van der Waals surface area contributed by atoms with Crippen molar-refractivity contribution in [3.63, 3.8) is 0 Å². The second kappa shape index (κ2) is 9.40. The predicted molar refractivity (Wildman–Crippen MR) is 127 cm³/mol. The first-order chi connectivity index (χ1) is 15.4. The van der Waals surface area contributed by atoms with E-state index in [2.05, 4.69) is 0 Å². The van der Waals surface area contributed by atoms with Crippen molar-refractivity contribution in [2.24, 2.45) is 0 Å². The highest BCUT2D eigenvalue weighted by Crippen LogP contribution is 2.23. The van der Waals surface area contributed by atoms with Gasteiger partial charge in [-0.15, -0.1) is 0 Å². The zero-order chi connectivity index (χ0) is 22.7. The van der Waals surface area contributed by atoms with Crippen molar-refractivity contribution in [3.8, 4) is 0 Å². The molecule has 7 heteroatoms. The molecule has 1 fully saturated rings. The largest absolute Gasteiger partial charge is 0.338 e. The van der Waals surface area contributed by atoms with Crippen LogP contribution in [0.4, 0.5) is 0 Å². The Morgan fingerprint density at radius 2 is 1.53 bits per heavy atom. The molecule has 0 N–H and O–H groups in total. The highest BCUT2D eigenvalue weighted by Gasteiger charge is 2.30. The summed E-state index contributed by atoms with van der Waals surface area (Å²) >= 11 is 0. The van der Waals surface area contributed by atoms with E-state index in [1.807, 2.05) is 79.5 Å². The summed E-state index contributed by atoms with van der Waals surface area (Å²) in [5.41, 5.74) is 1.09. The van der Waals surface area contributed by atoms with E-state index in [1.54, 1.807) is 17.0 Å². The Hall–Kier alpha value is -2.74. The summed E-state index contributed by atoms with van der Waals surface area (Å²) in [5, 5.41) is 1.93. The van der Waals surface area contributed by atoms with Gasteiger partial charge in [0.05, 0.1) is 17.5 Å². The van der Waals surface area contributed by atoms with Gasteiger partial charge in [0.2, 0.25) is 15.9 Å². The number of piperazine rings is 1. The Kier molecular flexibility index (Phi) is 6.60. The normalized spacial score (nSPS) is 16.7. The van der Waals surface area contributed by atoms with Crippen LogP contribution < -0.4 is 0 Å². The molecule has 0 spiro atoms. The van der Waals surface area contributed by atoms with Crippen molar-refractivity contribution in [2.45, 2.75) is 17.9 Å². The predicted octanol–water partition coefficient (Wildman–Crippen LogP) is 3.37. The smallest absolute Gasteiger partial charge is 0.243 e. The van der Waals surface area contributed by atoms with Gasteiger partial charge in [0.1, 0.15) is 0 Å². The molecule has 6 nitrogen and oxygen atoms in total. The number of hydrogen-bond donors (Lipinski definition) is 0. The molecule has 32 heavy (non-hydrogen) atoms. The fourth-order valence-electron chi connectivity index (χ4n) is 4.08. The SMILES string of the molecule is C[C@@H](c1ccccc1)N(C)C(=O)CN1CCN(S(=O)(=O)c2ccc3ccccc3c2)CC1. The molecule has 3 aromatic rings. The number of likely N-dealkylation sites (N-methyl/N-ethyl adjacent to an activating group) is 1. The minimum absolute atomic E-state index is 0.0155. The lowest BCUT2D eigenvalue weighted by Gasteiger charge is -2.35. The van der Waals surface area contributed by atoms with Crippen molar-refractivity contribution < 1.29 is 13.2 Å². The molecular weight excluding hydrogens is 422 g/mol. The number of carbonyl (C=O) groups excluding carboxylic acids is 1. The molecule has 1 atom stereocenters. The molecule has 4 rings (SSSR count). The molecule has 0 aliphatic carbocycles. The van der Waals surface area contributed by atoms with Crippen molar-refractivity contribution >= 4 is 26.7 Å². The summed E-state index contributed by atoms with van der Waals surface area (Å²) in [6, 6.07) is 22.9.